The maximum absolute atomic E-state index is 4.89. The molecule has 0 unspecified atom stereocenters. The van der Waals surface area contributed by atoms with E-state index in [-0.39, 0.29) is 21.7 Å². The highest BCUT2D eigenvalue weighted by molar-refractivity contribution is 7.00. The molecule has 0 bridgehead atoms. The van der Waals surface area contributed by atoms with Crippen molar-refractivity contribution in [3.05, 3.63) is 156 Å². The Hall–Kier alpha value is -6.04. The second kappa shape index (κ2) is 18.0. The zero-order valence-electron chi connectivity index (χ0n) is 43.7. The maximum Gasteiger partial charge on any atom is 0.113 e. The number of benzene rings is 7. The maximum atomic E-state index is 4.89. The standard InChI is InChI=1S/C58H58N4S.C6H14/c1-55(2,3)37-17-27-49-45(31-37)46-32-38(56(4,5)6)18-28-50(46)61(49)41-21-13-35(14-22-41)43-25-26-44(54-53(43)59-63-60-54)36-15-23-42(24-16-36)62-51-29-19-39(57(7,8)9)33-47(51)48-34-40(58(10,11)12)20-30-52(48)62;1-3-5-6-4-2/h13-34H,1-12H3;3-6H2,1-2H3. The van der Waals surface area contributed by atoms with Gasteiger partial charge in [-0.3, -0.25) is 0 Å². The molecule has 0 aliphatic carbocycles. The largest absolute Gasteiger partial charge is 0.309 e. The summed E-state index contributed by atoms with van der Waals surface area (Å²) >= 11 is 1.28. The van der Waals surface area contributed by atoms with Crippen molar-refractivity contribution in [3.63, 3.8) is 0 Å². The Bertz CT molecular complexity index is 3100. The van der Waals surface area contributed by atoms with Crippen molar-refractivity contribution in [1.29, 1.82) is 0 Å². The number of hydrogen-bond donors (Lipinski definition) is 0. The lowest BCUT2D eigenvalue weighted by atomic mass is 9.85. The monoisotopic (exact) mass is 929 g/mol. The minimum atomic E-state index is 0.0578. The number of fused-ring (bicyclic) bond motifs is 7. The molecule has 354 valence electrons. The molecule has 4 nitrogen and oxygen atoms in total. The van der Waals surface area contributed by atoms with Crippen LogP contribution in [-0.4, -0.2) is 17.9 Å². The van der Waals surface area contributed by atoms with Crippen LogP contribution in [-0.2, 0) is 21.7 Å². The second-order valence-electron chi connectivity index (χ2n) is 23.5. The van der Waals surface area contributed by atoms with Crippen molar-refractivity contribution >= 4 is 66.4 Å². The van der Waals surface area contributed by atoms with Crippen molar-refractivity contribution in [2.75, 3.05) is 0 Å². The Kier molecular flexibility index (Phi) is 12.6. The predicted molar refractivity (Wildman–Crippen MR) is 302 cm³/mol. The first-order chi connectivity index (χ1) is 32.7. The zero-order chi connectivity index (χ0) is 49.2. The van der Waals surface area contributed by atoms with Crippen molar-refractivity contribution < 1.29 is 0 Å². The van der Waals surface area contributed by atoms with Gasteiger partial charge in [0.05, 0.1) is 33.8 Å². The Balaban J connectivity index is 0.000000930. The smallest absolute Gasteiger partial charge is 0.113 e. The van der Waals surface area contributed by atoms with Gasteiger partial charge in [0.25, 0.3) is 0 Å². The molecular weight excluding hydrogens is 857 g/mol. The van der Waals surface area contributed by atoms with E-state index in [2.05, 4.69) is 240 Å². The summed E-state index contributed by atoms with van der Waals surface area (Å²) in [6.07, 6.45) is 5.54. The molecule has 0 atom stereocenters. The van der Waals surface area contributed by atoms with Gasteiger partial charge in [0.1, 0.15) is 11.0 Å². The number of unbranched alkanes of at least 4 members (excludes halogenated alkanes) is 3. The van der Waals surface area contributed by atoms with Crippen molar-refractivity contribution in [3.8, 4) is 33.6 Å². The van der Waals surface area contributed by atoms with Crippen molar-refractivity contribution in [2.45, 2.75) is 144 Å². The van der Waals surface area contributed by atoms with E-state index in [0.29, 0.717) is 0 Å². The van der Waals surface area contributed by atoms with Gasteiger partial charge in [0.2, 0.25) is 0 Å². The van der Waals surface area contributed by atoms with Crippen LogP contribution in [0.5, 0.6) is 0 Å². The topological polar surface area (TPSA) is 35.6 Å². The van der Waals surface area contributed by atoms with Crippen LogP contribution in [0.1, 0.15) is 145 Å². The first-order valence-corrected chi connectivity index (χ1v) is 26.1. The Morgan fingerprint density at radius 2 is 0.638 bits per heavy atom. The molecule has 0 saturated heterocycles. The third-order valence-corrected chi connectivity index (χ3v) is 14.8. The molecule has 3 heterocycles. The minimum Gasteiger partial charge on any atom is -0.309 e. The summed E-state index contributed by atoms with van der Waals surface area (Å²) in [5, 5.41) is 5.19. The van der Waals surface area contributed by atoms with E-state index < -0.39 is 0 Å². The molecular formula is C64H72N4S. The molecule has 10 rings (SSSR count). The van der Waals surface area contributed by atoms with Gasteiger partial charge in [0.15, 0.2) is 0 Å². The molecule has 7 aromatic carbocycles. The van der Waals surface area contributed by atoms with Crippen molar-refractivity contribution in [2.24, 2.45) is 0 Å². The van der Waals surface area contributed by atoms with E-state index in [1.807, 2.05) is 0 Å². The molecule has 0 N–H and O–H groups in total. The molecule has 3 aromatic heterocycles. The van der Waals surface area contributed by atoms with Gasteiger partial charge in [-0.1, -0.05) is 183 Å². The molecule has 69 heavy (non-hydrogen) atoms. The van der Waals surface area contributed by atoms with Crippen LogP contribution in [0.3, 0.4) is 0 Å². The normalized spacial score (nSPS) is 12.7. The van der Waals surface area contributed by atoms with E-state index in [0.717, 1.165) is 44.7 Å². The van der Waals surface area contributed by atoms with Crippen LogP contribution in [0.15, 0.2) is 133 Å². The fraction of sp³-hybridized carbons (Fsp3) is 0.344. The molecule has 0 spiro atoms. The highest BCUT2D eigenvalue weighted by atomic mass is 32.1. The van der Waals surface area contributed by atoms with Gasteiger partial charge < -0.3 is 9.13 Å². The number of nitrogens with zero attached hydrogens (tertiary/aromatic N) is 4. The Labute approximate surface area is 415 Å². The van der Waals surface area contributed by atoms with E-state index in [9.17, 15) is 0 Å². The van der Waals surface area contributed by atoms with Gasteiger partial charge in [-0.2, -0.15) is 8.75 Å². The minimum absolute atomic E-state index is 0.0578. The molecule has 0 aliphatic rings. The van der Waals surface area contributed by atoms with E-state index in [1.165, 1.54) is 103 Å². The summed E-state index contributed by atoms with van der Waals surface area (Å²) < 4.78 is 14.6. The number of hydrogen-bond acceptors (Lipinski definition) is 3. The summed E-state index contributed by atoms with van der Waals surface area (Å²) in [5.74, 6) is 0. The quantitative estimate of drug-likeness (QED) is 0.149. The van der Waals surface area contributed by atoms with Crippen LogP contribution in [0.4, 0.5) is 0 Å². The first kappa shape index (κ1) is 48.0. The van der Waals surface area contributed by atoms with E-state index in [4.69, 9.17) is 8.75 Å². The van der Waals surface area contributed by atoms with Crippen molar-refractivity contribution in [1.82, 2.24) is 17.9 Å². The molecule has 0 fully saturated rings. The van der Waals surface area contributed by atoms with Crippen LogP contribution in [0.25, 0.3) is 88.3 Å². The Morgan fingerprint density at radius 1 is 0.362 bits per heavy atom. The summed E-state index contributed by atoms with van der Waals surface area (Å²) in [4.78, 5) is 0. The lowest BCUT2D eigenvalue weighted by molar-refractivity contribution is 0.590. The van der Waals surface area contributed by atoms with E-state index >= 15 is 0 Å². The average molecular weight is 929 g/mol. The van der Waals surface area contributed by atoms with Gasteiger partial charge in [0, 0.05) is 44.0 Å². The summed E-state index contributed by atoms with van der Waals surface area (Å²) in [6.45, 7) is 32.0. The van der Waals surface area contributed by atoms with Gasteiger partial charge in [-0.15, -0.1) is 0 Å². The van der Waals surface area contributed by atoms with Gasteiger partial charge in [-0.05, 0) is 128 Å². The van der Waals surface area contributed by atoms with Gasteiger partial charge in [-0.25, -0.2) is 0 Å². The fourth-order valence-electron chi connectivity index (χ4n) is 9.88. The lowest BCUT2D eigenvalue weighted by Gasteiger charge is -2.19. The molecule has 5 heteroatoms. The first-order valence-electron chi connectivity index (χ1n) is 25.3. The molecule has 0 amide bonds. The molecule has 0 aliphatic heterocycles. The molecule has 0 saturated carbocycles. The van der Waals surface area contributed by atoms with Gasteiger partial charge >= 0.3 is 0 Å². The van der Waals surface area contributed by atoms with Crippen LogP contribution < -0.4 is 0 Å². The molecule has 0 radical (unpaired) electrons. The summed E-state index contributed by atoms with van der Waals surface area (Å²) in [7, 11) is 0. The van der Waals surface area contributed by atoms with E-state index in [1.54, 1.807) is 0 Å². The third-order valence-electron chi connectivity index (χ3n) is 14.2. The predicted octanol–water partition coefficient (Wildman–Crippen LogP) is 19.0. The van der Waals surface area contributed by atoms with Crippen LogP contribution >= 0.6 is 11.7 Å². The lowest BCUT2D eigenvalue weighted by Crippen LogP contribution is -2.10. The SMILES string of the molecule is CC(C)(C)c1ccc2c(c1)c1cc(C(C)(C)C)ccc1n2-c1ccc(-c2ccc(-c3ccc(-n4c5ccc(C(C)(C)C)cc5c5cc(C(C)(C)C)ccc54)cc3)c3nsnc23)cc1.CCCCCC. The van der Waals surface area contributed by atoms with Crippen LogP contribution in [0, 0.1) is 0 Å². The van der Waals surface area contributed by atoms with Crippen LogP contribution in [0.2, 0.25) is 0 Å². The Morgan fingerprint density at radius 3 is 0.884 bits per heavy atom. The number of aromatic nitrogens is 4. The summed E-state index contributed by atoms with van der Waals surface area (Å²) in [5.41, 5.74) is 19.1. The zero-order valence-corrected chi connectivity index (χ0v) is 44.5. The number of rotatable bonds is 7. The average Bonchev–Trinajstić information content (AvgIpc) is 4.02. The summed E-state index contributed by atoms with van der Waals surface area (Å²) in [6, 6.07) is 50.5. The second-order valence-corrected chi connectivity index (χ2v) is 24.0. The molecule has 10 aromatic rings. The fourth-order valence-corrected chi connectivity index (χ4v) is 10.5. The highest BCUT2D eigenvalue weighted by Gasteiger charge is 2.24. The highest BCUT2D eigenvalue weighted by Crippen LogP contribution is 2.41. The third kappa shape index (κ3) is 9.16.